The lowest BCUT2D eigenvalue weighted by molar-refractivity contribution is -0.128. The first-order chi connectivity index (χ1) is 12.8. The zero-order chi connectivity index (χ0) is 17.8. The minimum atomic E-state index is 0.0429. The molecule has 1 aromatic heterocycles. The lowest BCUT2D eigenvalue weighted by Gasteiger charge is -2.35. The van der Waals surface area contributed by atoms with Gasteiger partial charge < -0.3 is 5.32 Å². The molecule has 1 saturated heterocycles. The van der Waals surface area contributed by atoms with Crippen LogP contribution in [0.3, 0.4) is 0 Å². The van der Waals surface area contributed by atoms with Crippen LogP contribution in [0.2, 0.25) is 0 Å². The van der Waals surface area contributed by atoms with Crippen molar-refractivity contribution in [1.82, 2.24) is 10.2 Å². The van der Waals surface area contributed by atoms with Crippen LogP contribution in [-0.4, -0.2) is 29.4 Å². The molecule has 1 saturated carbocycles. The third-order valence-electron chi connectivity index (χ3n) is 5.76. The van der Waals surface area contributed by atoms with Crippen LogP contribution in [0.5, 0.6) is 0 Å². The number of carbonyl (C=O) groups is 1. The summed E-state index contributed by atoms with van der Waals surface area (Å²) in [5.74, 6) is 0.256. The average molecular weight is 369 g/mol. The summed E-state index contributed by atoms with van der Waals surface area (Å²) in [7, 11) is 0. The monoisotopic (exact) mass is 368 g/mol. The summed E-state index contributed by atoms with van der Waals surface area (Å²) in [6.45, 7) is 1.89. The van der Waals surface area contributed by atoms with E-state index >= 15 is 0 Å². The van der Waals surface area contributed by atoms with Gasteiger partial charge in [-0.1, -0.05) is 49.6 Å². The smallest absolute Gasteiger partial charge is 0.237 e. The van der Waals surface area contributed by atoms with Crippen molar-refractivity contribution < 1.29 is 4.79 Å². The Bertz CT molecular complexity index is 704. The van der Waals surface area contributed by atoms with Gasteiger partial charge in [0, 0.05) is 17.5 Å². The summed E-state index contributed by atoms with van der Waals surface area (Å²) in [4.78, 5) is 16.5. The van der Waals surface area contributed by atoms with Crippen molar-refractivity contribution in [3.05, 3.63) is 47.3 Å². The Hall–Kier alpha value is -1.65. The summed E-state index contributed by atoms with van der Waals surface area (Å²) in [6, 6.07) is 13.6. The van der Waals surface area contributed by atoms with Crippen molar-refractivity contribution in [2.75, 3.05) is 6.54 Å². The van der Waals surface area contributed by atoms with E-state index in [1.807, 2.05) is 0 Å². The van der Waals surface area contributed by atoms with Gasteiger partial charge in [-0.25, -0.2) is 0 Å². The Morgan fingerprint density at radius 3 is 2.54 bits per heavy atom. The molecule has 138 valence electrons. The van der Waals surface area contributed by atoms with Crippen LogP contribution in [0.1, 0.15) is 50.5 Å². The molecule has 3 nitrogen and oxygen atoms in total. The third kappa shape index (κ3) is 4.18. The van der Waals surface area contributed by atoms with Crippen molar-refractivity contribution in [3.63, 3.8) is 0 Å². The quantitative estimate of drug-likeness (QED) is 0.820. The lowest BCUT2D eigenvalue weighted by atomic mass is 9.99. The van der Waals surface area contributed by atoms with E-state index in [9.17, 15) is 4.79 Å². The molecule has 4 heteroatoms. The molecule has 1 amide bonds. The van der Waals surface area contributed by atoms with Crippen molar-refractivity contribution in [2.24, 2.45) is 0 Å². The van der Waals surface area contributed by atoms with E-state index in [0.717, 1.165) is 38.8 Å². The fourth-order valence-corrected chi connectivity index (χ4v) is 5.03. The molecule has 2 aromatic rings. The number of rotatable bonds is 5. The average Bonchev–Trinajstić information content (AvgIpc) is 3.37. The van der Waals surface area contributed by atoms with Gasteiger partial charge in [-0.05, 0) is 54.8 Å². The molecular formula is C22H28N2OS. The van der Waals surface area contributed by atoms with Gasteiger partial charge in [0.1, 0.15) is 0 Å². The van der Waals surface area contributed by atoms with Crippen LogP contribution in [0.15, 0.2) is 41.8 Å². The summed E-state index contributed by atoms with van der Waals surface area (Å²) in [5.41, 5.74) is 2.57. The number of likely N-dealkylation sites (tertiary alicyclic amines) is 1. The zero-order valence-electron chi connectivity index (χ0n) is 15.3. The Labute approximate surface area is 160 Å². The molecule has 0 radical (unpaired) electrons. The molecule has 2 fully saturated rings. The highest BCUT2D eigenvalue weighted by Crippen LogP contribution is 2.26. The maximum Gasteiger partial charge on any atom is 0.237 e. The van der Waals surface area contributed by atoms with Crippen LogP contribution in [0.25, 0.3) is 10.4 Å². The standard InChI is InChI=1S/C22H28N2OS/c25-22(23-19-6-1-2-7-19)20-8-3-4-14-24(20)16-17-10-12-18(13-11-17)21-9-5-15-26-21/h5,9-13,15,19-20H,1-4,6-8,14,16H2,(H,23,25). The molecule has 1 atom stereocenters. The van der Waals surface area contributed by atoms with Gasteiger partial charge in [0.25, 0.3) is 0 Å². The Balaban J connectivity index is 1.40. The van der Waals surface area contributed by atoms with Gasteiger partial charge in [-0.3, -0.25) is 9.69 Å². The minimum Gasteiger partial charge on any atom is -0.352 e. The first-order valence-electron chi connectivity index (χ1n) is 9.97. The second-order valence-electron chi connectivity index (χ2n) is 7.65. The number of piperidine rings is 1. The number of carbonyl (C=O) groups excluding carboxylic acids is 1. The summed E-state index contributed by atoms with van der Waals surface area (Å²) >= 11 is 1.77. The summed E-state index contributed by atoms with van der Waals surface area (Å²) < 4.78 is 0. The Morgan fingerprint density at radius 1 is 1.04 bits per heavy atom. The first-order valence-corrected chi connectivity index (χ1v) is 10.8. The summed E-state index contributed by atoms with van der Waals surface area (Å²) in [5, 5.41) is 5.43. The topological polar surface area (TPSA) is 32.3 Å². The fourth-order valence-electron chi connectivity index (χ4n) is 4.30. The molecule has 1 aromatic carbocycles. The zero-order valence-corrected chi connectivity index (χ0v) is 16.1. The Morgan fingerprint density at radius 2 is 1.81 bits per heavy atom. The number of thiophene rings is 1. The van der Waals surface area contributed by atoms with Gasteiger partial charge in [-0.2, -0.15) is 0 Å². The molecule has 0 spiro atoms. The number of hydrogen-bond donors (Lipinski definition) is 1. The van der Waals surface area contributed by atoms with Crippen LogP contribution in [0, 0.1) is 0 Å². The molecule has 4 rings (SSSR count). The van der Waals surface area contributed by atoms with Gasteiger partial charge >= 0.3 is 0 Å². The van der Waals surface area contributed by atoms with Crippen LogP contribution in [-0.2, 0) is 11.3 Å². The number of benzene rings is 1. The van der Waals surface area contributed by atoms with E-state index in [1.54, 1.807) is 11.3 Å². The third-order valence-corrected chi connectivity index (χ3v) is 6.68. The molecular weight excluding hydrogens is 340 g/mol. The molecule has 1 N–H and O–H groups in total. The molecule has 1 aliphatic carbocycles. The van der Waals surface area contributed by atoms with Crippen molar-refractivity contribution in [3.8, 4) is 10.4 Å². The van der Waals surface area contributed by atoms with E-state index in [-0.39, 0.29) is 11.9 Å². The SMILES string of the molecule is O=C(NC1CCCC1)C1CCCCN1Cc1ccc(-c2cccs2)cc1. The van der Waals surface area contributed by atoms with Gasteiger partial charge in [0.15, 0.2) is 0 Å². The van der Waals surface area contributed by atoms with Crippen LogP contribution in [0.4, 0.5) is 0 Å². The molecule has 2 aliphatic rings. The maximum atomic E-state index is 12.8. The van der Waals surface area contributed by atoms with Crippen molar-refractivity contribution in [1.29, 1.82) is 0 Å². The highest BCUT2D eigenvalue weighted by molar-refractivity contribution is 7.13. The van der Waals surface area contributed by atoms with E-state index in [0.29, 0.717) is 6.04 Å². The Kier molecular flexibility index (Phi) is 5.71. The molecule has 0 bridgehead atoms. The number of amides is 1. The van der Waals surface area contributed by atoms with Gasteiger partial charge in [0.05, 0.1) is 6.04 Å². The van der Waals surface area contributed by atoms with E-state index < -0.39 is 0 Å². The second-order valence-corrected chi connectivity index (χ2v) is 8.59. The van der Waals surface area contributed by atoms with E-state index in [4.69, 9.17) is 0 Å². The highest BCUT2D eigenvalue weighted by Gasteiger charge is 2.30. The number of nitrogens with one attached hydrogen (secondary N) is 1. The van der Waals surface area contributed by atoms with Crippen molar-refractivity contribution in [2.45, 2.75) is 63.6 Å². The second kappa shape index (κ2) is 8.36. The van der Waals surface area contributed by atoms with Gasteiger partial charge in [0.2, 0.25) is 5.91 Å². The van der Waals surface area contributed by atoms with E-state index in [2.05, 4.69) is 52.0 Å². The normalized spacial score (nSPS) is 21.8. The molecule has 1 aliphatic heterocycles. The largest absolute Gasteiger partial charge is 0.352 e. The van der Waals surface area contributed by atoms with Gasteiger partial charge in [-0.15, -0.1) is 11.3 Å². The van der Waals surface area contributed by atoms with Crippen molar-refractivity contribution >= 4 is 17.2 Å². The fraction of sp³-hybridized carbons (Fsp3) is 0.500. The summed E-state index contributed by atoms with van der Waals surface area (Å²) in [6.07, 6.45) is 8.18. The lowest BCUT2D eigenvalue weighted by Crippen LogP contribution is -2.50. The molecule has 2 heterocycles. The van der Waals surface area contributed by atoms with Crippen LogP contribution >= 0.6 is 11.3 Å². The maximum absolute atomic E-state index is 12.8. The van der Waals surface area contributed by atoms with E-state index in [1.165, 1.54) is 35.3 Å². The first kappa shape index (κ1) is 17.7. The molecule has 26 heavy (non-hydrogen) atoms. The predicted molar refractivity (Wildman–Crippen MR) is 108 cm³/mol. The highest BCUT2D eigenvalue weighted by atomic mass is 32.1. The predicted octanol–water partition coefficient (Wildman–Crippen LogP) is 4.83. The number of nitrogens with zero attached hydrogens (tertiary/aromatic N) is 1. The van der Waals surface area contributed by atoms with Crippen LogP contribution < -0.4 is 5.32 Å². The molecule has 1 unspecified atom stereocenters. The minimum absolute atomic E-state index is 0.0429. The number of hydrogen-bond acceptors (Lipinski definition) is 3.